The van der Waals surface area contributed by atoms with Crippen molar-refractivity contribution >= 4 is 14.7 Å². The summed E-state index contributed by atoms with van der Waals surface area (Å²) in [7, 11) is -2.11. The second kappa shape index (κ2) is 8.17. The van der Waals surface area contributed by atoms with Crippen LogP contribution in [0.5, 0.6) is 0 Å². The Labute approximate surface area is 105 Å². The monoisotopic (exact) mass is 252 g/mol. The molecular weight excluding hydrogens is 232 g/mol. The van der Waals surface area contributed by atoms with Crippen molar-refractivity contribution in [2.24, 2.45) is 0 Å². The van der Waals surface area contributed by atoms with Crippen molar-refractivity contribution in [1.82, 2.24) is 0 Å². The van der Waals surface area contributed by atoms with E-state index in [0.717, 1.165) is 6.42 Å². The lowest BCUT2D eigenvalue weighted by Crippen LogP contribution is -2.33. The molecular formula is C13H20O3Si. The second-order valence-electron chi connectivity index (χ2n) is 3.69. The first-order chi connectivity index (χ1) is 8.27. The fraction of sp³-hybridized carbons (Fsp3) is 0.462. The standard InChI is InChI=1S/C13H20O3Si/c1-3-15-17(16-4-2)13(14)11-10-12-8-6-5-7-9-12/h5-9,17H,3-4,10-11H2,1-2H3. The van der Waals surface area contributed by atoms with Crippen LogP contribution >= 0.6 is 0 Å². The van der Waals surface area contributed by atoms with Crippen LogP contribution in [0.4, 0.5) is 0 Å². The van der Waals surface area contributed by atoms with E-state index in [1.165, 1.54) is 5.56 Å². The van der Waals surface area contributed by atoms with Crippen molar-refractivity contribution in [1.29, 1.82) is 0 Å². The zero-order valence-electron chi connectivity index (χ0n) is 10.5. The van der Waals surface area contributed by atoms with Gasteiger partial charge in [-0.3, -0.25) is 4.79 Å². The Hall–Kier alpha value is -0.973. The molecule has 0 aliphatic carbocycles. The minimum atomic E-state index is -2.11. The van der Waals surface area contributed by atoms with Gasteiger partial charge in [0.05, 0.1) is 0 Å². The summed E-state index contributed by atoms with van der Waals surface area (Å²) in [6.45, 7) is 4.88. The second-order valence-corrected chi connectivity index (χ2v) is 5.67. The molecule has 0 N–H and O–H groups in total. The van der Waals surface area contributed by atoms with Crippen LogP contribution in [0.3, 0.4) is 0 Å². The third-order valence-electron chi connectivity index (χ3n) is 2.40. The van der Waals surface area contributed by atoms with Crippen LogP contribution in [0, 0.1) is 0 Å². The zero-order chi connectivity index (χ0) is 12.5. The van der Waals surface area contributed by atoms with Gasteiger partial charge < -0.3 is 8.85 Å². The van der Waals surface area contributed by atoms with E-state index in [1.807, 2.05) is 44.2 Å². The number of carbonyl (C=O) groups is 1. The highest BCUT2D eigenvalue weighted by Gasteiger charge is 2.22. The fourth-order valence-electron chi connectivity index (χ4n) is 1.57. The Morgan fingerprint density at radius 1 is 1.12 bits per heavy atom. The van der Waals surface area contributed by atoms with Gasteiger partial charge in [-0.15, -0.1) is 0 Å². The molecule has 0 unspecified atom stereocenters. The van der Waals surface area contributed by atoms with Crippen LogP contribution in [0.2, 0.25) is 0 Å². The van der Waals surface area contributed by atoms with Gasteiger partial charge in [-0.2, -0.15) is 0 Å². The van der Waals surface area contributed by atoms with Crippen LogP contribution in [0.1, 0.15) is 25.8 Å². The molecule has 1 rings (SSSR count). The van der Waals surface area contributed by atoms with Gasteiger partial charge in [0.15, 0.2) is 5.41 Å². The summed E-state index contributed by atoms with van der Waals surface area (Å²) in [5, 5.41) is 0.151. The van der Waals surface area contributed by atoms with E-state index in [2.05, 4.69) is 0 Å². The maximum atomic E-state index is 11.9. The Morgan fingerprint density at radius 3 is 2.24 bits per heavy atom. The van der Waals surface area contributed by atoms with E-state index < -0.39 is 9.28 Å². The van der Waals surface area contributed by atoms with E-state index in [9.17, 15) is 4.79 Å². The third-order valence-corrected chi connectivity index (χ3v) is 4.49. The molecule has 0 atom stereocenters. The van der Waals surface area contributed by atoms with Gasteiger partial charge in [0.2, 0.25) is 0 Å². The van der Waals surface area contributed by atoms with Crippen LogP contribution in [0.25, 0.3) is 0 Å². The molecule has 0 aromatic heterocycles. The summed E-state index contributed by atoms with van der Waals surface area (Å²) < 4.78 is 10.8. The SMILES string of the molecule is CCO[SiH](OCC)C(=O)CCc1ccccc1. The van der Waals surface area contributed by atoms with Gasteiger partial charge in [0.1, 0.15) is 0 Å². The average molecular weight is 252 g/mol. The molecule has 0 heterocycles. The highest BCUT2D eigenvalue weighted by Crippen LogP contribution is 2.05. The van der Waals surface area contributed by atoms with E-state index in [-0.39, 0.29) is 5.41 Å². The minimum Gasteiger partial charge on any atom is -0.392 e. The Kier molecular flexibility index (Phi) is 6.77. The lowest BCUT2D eigenvalue weighted by atomic mass is 10.1. The van der Waals surface area contributed by atoms with Crippen molar-refractivity contribution < 1.29 is 13.6 Å². The molecule has 0 aliphatic rings. The predicted molar refractivity (Wildman–Crippen MR) is 70.2 cm³/mol. The van der Waals surface area contributed by atoms with Crippen molar-refractivity contribution in [3.05, 3.63) is 35.9 Å². The van der Waals surface area contributed by atoms with Gasteiger partial charge in [-0.25, -0.2) is 0 Å². The lowest BCUT2D eigenvalue weighted by molar-refractivity contribution is -0.114. The fourth-order valence-corrected chi connectivity index (χ4v) is 3.02. The minimum absolute atomic E-state index is 0.151. The van der Waals surface area contributed by atoms with E-state index >= 15 is 0 Å². The van der Waals surface area contributed by atoms with Gasteiger partial charge in [0, 0.05) is 19.6 Å². The topological polar surface area (TPSA) is 35.5 Å². The maximum Gasteiger partial charge on any atom is 0.393 e. The normalized spacial score (nSPS) is 10.8. The molecule has 0 radical (unpaired) electrons. The molecule has 0 aliphatic heterocycles. The number of aryl methyl sites for hydroxylation is 1. The largest absolute Gasteiger partial charge is 0.393 e. The van der Waals surface area contributed by atoms with E-state index in [1.54, 1.807) is 0 Å². The highest BCUT2D eigenvalue weighted by atomic mass is 28.3. The van der Waals surface area contributed by atoms with Gasteiger partial charge in [-0.05, 0) is 25.8 Å². The summed E-state index contributed by atoms with van der Waals surface area (Å²) in [5.74, 6) is 0. The summed E-state index contributed by atoms with van der Waals surface area (Å²) in [6.07, 6.45) is 1.28. The first kappa shape index (κ1) is 14.1. The number of benzene rings is 1. The van der Waals surface area contributed by atoms with Crippen LogP contribution in [-0.2, 0) is 20.1 Å². The van der Waals surface area contributed by atoms with Crippen molar-refractivity contribution in [2.45, 2.75) is 26.7 Å². The average Bonchev–Trinajstić information content (AvgIpc) is 2.37. The molecule has 0 fully saturated rings. The molecule has 3 nitrogen and oxygen atoms in total. The predicted octanol–water partition coefficient (Wildman–Crippen LogP) is 2.02. The Bertz CT molecular complexity index is 321. The molecule has 0 saturated heterocycles. The van der Waals surface area contributed by atoms with Crippen molar-refractivity contribution in [2.75, 3.05) is 13.2 Å². The number of carbonyl (C=O) groups excluding carboxylic acids is 1. The van der Waals surface area contributed by atoms with E-state index in [0.29, 0.717) is 19.6 Å². The zero-order valence-corrected chi connectivity index (χ0v) is 11.7. The quantitative estimate of drug-likeness (QED) is 0.664. The molecule has 4 heteroatoms. The highest BCUT2D eigenvalue weighted by molar-refractivity contribution is 6.80. The van der Waals surface area contributed by atoms with Crippen LogP contribution in [0.15, 0.2) is 30.3 Å². The first-order valence-corrected chi connectivity index (χ1v) is 7.59. The summed E-state index contributed by atoms with van der Waals surface area (Å²) in [6, 6.07) is 10.0. The molecule has 1 aromatic carbocycles. The molecule has 0 saturated carbocycles. The van der Waals surface area contributed by atoms with Crippen LogP contribution in [-0.4, -0.2) is 27.9 Å². The van der Waals surface area contributed by atoms with Gasteiger partial charge >= 0.3 is 9.28 Å². The Morgan fingerprint density at radius 2 is 1.71 bits per heavy atom. The molecule has 0 bridgehead atoms. The van der Waals surface area contributed by atoms with Crippen molar-refractivity contribution in [3.63, 3.8) is 0 Å². The summed E-state index contributed by atoms with van der Waals surface area (Å²) in [5.41, 5.74) is 1.18. The van der Waals surface area contributed by atoms with Crippen molar-refractivity contribution in [3.8, 4) is 0 Å². The number of hydrogen-bond donors (Lipinski definition) is 0. The molecule has 17 heavy (non-hydrogen) atoms. The third kappa shape index (κ3) is 5.26. The smallest absolute Gasteiger partial charge is 0.392 e. The summed E-state index contributed by atoms with van der Waals surface area (Å²) >= 11 is 0. The van der Waals surface area contributed by atoms with Crippen LogP contribution < -0.4 is 0 Å². The number of hydrogen-bond acceptors (Lipinski definition) is 3. The summed E-state index contributed by atoms with van der Waals surface area (Å²) in [4.78, 5) is 11.9. The van der Waals surface area contributed by atoms with Gasteiger partial charge in [-0.1, -0.05) is 30.3 Å². The molecule has 1 aromatic rings. The van der Waals surface area contributed by atoms with E-state index in [4.69, 9.17) is 8.85 Å². The lowest BCUT2D eigenvalue weighted by Gasteiger charge is -2.13. The number of rotatable bonds is 8. The first-order valence-electron chi connectivity index (χ1n) is 6.07. The molecule has 94 valence electrons. The Balaban J connectivity index is 2.41. The molecule has 0 amide bonds. The molecule has 0 spiro atoms. The maximum absolute atomic E-state index is 11.9. The van der Waals surface area contributed by atoms with Gasteiger partial charge in [0.25, 0.3) is 0 Å².